The fraction of sp³-hybridized carbons (Fsp3) is 0.143. The first kappa shape index (κ1) is 12.1. The van der Waals surface area contributed by atoms with Gasteiger partial charge in [0.1, 0.15) is 0 Å². The fourth-order valence-electron chi connectivity index (χ4n) is 0.881. The fourth-order valence-corrected chi connectivity index (χ4v) is 1.44. The molecule has 0 radical (unpaired) electrons. The van der Waals surface area contributed by atoms with Crippen LogP contribution in [-0.2, 0) is 15.5 Å². The van der Waals surface area contributed by atoms with E-state index in [9.17, 15) is 21.6 Å². The molecule has 0 aromatic heterocycles. The van der Waals surface area contributed by atoms with Crippen LogP contribution in [0.5, 0.6) is 5.75 Å². The minimum atomic E-state index is -4.70. The summed E-state index contributed by atoms with van der Waals surface area (Å²) in [7, 11) is 0.185. The van der Waals surface area contributed by atoms with Gasteiger partial charge in [0.2, 0.25) is 0 Å². The highest BCUT2D eigenvalue weighted by molar-refractivity contribution is 8.10. The number of benzene rings is 1. The van der Waals surface area contributed by atoms with Crippen molar-refractivity contribution in [1.29, 1.82) is 0 Å². The van der Waals surface area contributed by atoms with Gasteiger partial charge in [-0.05, 0) is 12.1 Å². The molecule has 0 amide bonds. The normalized spacial score (nSPS) is 12.5. The molecule has 0 N–H and O–H groups in total. The van der Waals surface area contributed by atoms with E-state index in [0.29, 0.717) is 6.07 Å². The van der Waals surface area contributed by atoms with Crippen molar-refractivity contribution in [2.45, 2.75) is 6.18 Å². The minimum Gasteiger partial charge on any atom is -0.370 e. The summed E-state index contributed by atoms with van der Waals surface area (Å²) in [5.41, 5.74) is -1.20. The Morgan fingerprint density at radius 2 is 1.73 bits per heavy atom. The minimum absolute atomic E-state index is 0.692. The molecule has 1 rings (SSSR count). The molecule has 0 spiro atoms. The smallest absolute Gasteiger partial charge is 0.370 e. The van der Waals surface area contributed by atoms with Gasteiger partial charge in [-0.1, -0.05) is 12.1 Å². The monoisotopic (exact) mass is 260 g/mol. The van der Waals surface area contributed by atoms with Gasteiger partial charge in [-0.3, -0.25) is 0 Å². The van der Waals surface area contributed by atoms with Crippen LogP contribution >= 0.6 is 10.7 Å². The van der Waals surface area contributed by atoms with Crippen molar-refractivity contribution in [3.8, 4) is 5.75 Å². The van der Waals surface area contributed by atoms with E-state index in [4.69, 9.17) is 0 Å². The topological polar surface area (TPSA) is 43.4 Å². The number of alkyl halides is 3. The van der Waals surface area contributed by atoms with Gasteiger partial charge < -0.3 is 4.18 Å². The van der Waals surface area contributed by atoms with Crippen molar-refractivity contribution >= 4 is 20.0 Å². The van der Waals surface area contributed by atoms with Gasteiger partial charge in [0.25, 0.3) is 0 Å². The molecule has 8 heteroatoms. The predicted octanol–water partition coefficient (Wildman–Crippen LogP) is 2.57. The van der Waals surface area contributed by atoms with Crippen molar-refractivity contribution < 1.29 is 25.8 Å². The molecular formula is C7H4ClF3O3S. The zero-order valence-corrected chi connectivity index (χ0v) is 8.53. The molecule has 3 nitrogen and oxygen atoms in total. The van der Waals surface area contributed by atoms with Crippen molar-refractivity contribution in [2.75, 3.05) is 0 Å². The second kappa shape index (κ2) is 3.90. The zero-order valence-electron chi connectivity index (χ0n) is 6.95. The molecule has 0 saturated carbocycles. The lowest BCUT2D eigenvalue weighted by atomic mass is 10.2. The van der Waals surface area contributed by atoms with Crippen LogP contribution in [0, 0.1) is 0 Å². The molecule has 0 saturated heterocycles. The molecule has 0 aliphatic heterocycles. The number of halogens is 4. The molecule has 0 unspecified atom stereocenters. The summed E-state index contributed by atoms with van der Waals surface area (Å²) in [6.45, 7) is 0. The molecular weight excluding hydrogens is 257 g/mol. The Kier molecular flexibility index (Phi) is 3.15. The van der Waals surface area contributed by atoms with Crippen LogP contribution < -0.4 is 4.18 Å². The number of hydrogen-bond acceptors (Lipinski definition) is 3. The Labute approximate surface area is 88.0 Å². The molecule has 84 valence electrons. The average molecular weight is 261 g/mol. The van der Waals surface area contributed by atoms with E-state index in [0.717, 1.165) is 12.1 Å². The Morgan fingerprint density at radius 3 is 2.20 bits per heavy atom. The van der Waals surface area contributed by atoms with Crippen molar-refractivity contribution in [2.24, 2.45) is 0 Å². The lowest BCUT2D eigenvalue weighted by molar-refractivity contribution is -0.138. The summed E-state index contributed by atoms with van der Waals surface area (Å²) in [5.74, 6) is -0.847. The van der Waals surface area contributed by atoms with E-state index < -0.39 is 26.8 Å². The van der Waals surface area contributed by atoms with Crippen LogP contribution in [0.2, 0.25) is 0 Å². The summed E-state index contributed by atoms with van der Waals surface area (Å²) in [5, 5.41) is 0. The van der Waals surface area contributed by atoms with Gasteiger partial charge in [0.15, 0.2) is 5.75 Å². The maximum absolute atomic E-state index is 12.3. The third-order valence-corrected chi connectivity index (χ3v) is 1.95. The number of hydrogen-bond donors (Lipinski definition) is 0. The second-order valence-corrected chi connectivity index (χ2v) is 4.56. The molecule has 0 atom stereocenters. The van der Waals surface area contributed by atoms with Crippen LogP contribution in [-0.4, -0.2) is 8.42 Å². The van der Waals surface area contributed by atoms with Crippen LogP contribution in [0.1, 0.15) is 5.56 Å². The van der Waals surface area contributed by atoms with Gasteiger partial charge in [-0.25, -0.2) is 0 Å². The van der Waals surface area contributed by atoms with Crippen molar-refractivity contribution in [3.63, 3.8) is 0 Å². The SMILES string of the molecule is O=S(=O)(Cl)Oc1ccccc1C(F)(F)F. The Bertz CT molecular complexity index is 455. The predicted molar refractivity (Wildman–Crippen MR) is 46.8 cm³/mol. The van der Waals surface area contributed by atoms with Crippen LogP contribution in [0.15, 0.2) is 24.3 Å². The van der Waals surface area contributed by atoms with Gasteiger partial charge in [0, 0.05) is 0 Å². The quantitative estimate of drug-likeness (QED) is 0.768. The molecule has 0 fully saturated rings. The largest absolute Gasteiger partial charge is 0.420 e. The van der Waals surface area contributed by atoms with Gasteiger partial charge in [-0.2, -0.15) is 21.6 Å². The second-order valence-electron chi connectivity index (χ2n) is 2.47. The van der Waals surface area contributed by atoms with E-state index >= 15 is 0 Å². The molecule has 0 aliphatic carbocycles. The number of rotatable bonds is 2. The van der Waals surface area contributed by atoms with Crippen molar-refractivity contribution in [3.05, 3.63) is 29.8 Å². The third kappa shape index (κ3) is 3.60. The standard InChI is InChI=1S/C7H4ClF3O3S/c8-15(12,13)14-6-4-2-1-3-5(6)7(9,10)11/h1-4H. The molecule has 0 aliphatic rings. The lowest BCUT2D eigenvalue weighted by Crippen LogP contribution is -2.10. The maximum Gasteiger partial charge on any atom is 0.420 e. The third-order valence-electron chi connectivity index (χ3n) is 1.38. The first-order valence-electron chi connectivity index (χ1n) is 3.50. The Balaban J connectivity index is 3.19. The summed E-state index contributed by atoms with van der Waals surface area (Å²) in [6, 6.07) is 3.86. The number of para-hydroxylation sites is 1. The first-order valence-corrected chi connectivity index (χ1v) is 5.74. The lowest BCUT2D eigenvalue weighted by Gasteiger charge is -2.10. The van der Waals surface area contributed by atoms with E-state index in [-0.39, 0.29) is 0 Å². The van der Waals surface area contributed by atoms with Gasteiger partial charge in [0.05, 0.1) is 16.2 Å². The van der Waals surface area contributed by atoms with Crippen molar-refractivity contribution in [1.82, 2.24) is 0 Å². The van der Waals surface area contributed by atoms with E-state index in [1.165, 1.54) is 6.07 Å². The summed E-state index contributed by atoms with van der Waals surface area (Å²) >= 11 is 0. The Morgan fingerprint density at radius 1 is 1.20 bits per heavy atom. The van der Waals surface area contributed by atoms with Crippen LogP contribution in [0.3, 0.4) is 0 Å². The maximum atomic E-state index is 12.3. The van der Waals surface area contributed by atoms with Gasteiger partial charge >= 0.3 is 15.5 Å². The molecule has 0 heterocycles. The van der Waals surface area contributed by atoms with E-state index in [1.54, 1.807) is 0 Å². The Hall–Kier alpha value is -0.950. The summed E-state index contributed by atoms with van der Waals surface area (Å²) in [4.78, 5) is 0. The van der Waals surface area contributed by atoms with Crippen LogP contribution in [0.25, 0.3) is 0 Å². The highest BCUT2D eigenvalue weighted by Gasteiger charge is 2.35. The van der Waals surface area contributed by atoms with E-state index in [2.05, 4.69) is 14.9 Å². The van der Waals surface area contributed by atoms with E-state index in [1.807, 2.05) is 0 Å². The summed E-state index contributed by atoms with van der Waals surface area (Å²) in [6.07, 6.45) is -4.70. The molecule has 15 heavy (non-hydrogen) atoms. The first-order chi connectivity index (χ1) is 6.70. The highest BCUT2D eigenvalue weighted by atomic mass is 35.7. The van der Waals surface area contributed by atoms with Gasteiger partial charge in [-0.15, -0.1) is 0 Å². The average Bonchev–Trinajstić information content (AvgIpc) is 1.99. The van der Waals surface area contributed by atoms with Crippen LogP contribution in [0.4, 0.5) is 13.2 Å². The molecule has 1 aromatic carbocycles. The molecule has 1 aromatic rings. The zero-order chi connectivity index (χ0) is 11.7. The molecule has 0 bridgehead atoms. The highest BCUT2D eigenvalue weighted by Crippen LogP contribution is 2.36. The summed E-state index contributed by atoms with van der Waals surface area (Å²) < 4.78 is 61.8.